The second-order valence-electron chi connectivity index (χ2n) is 2.76. The molecule has 0 bridgehead atoms. The molecule has 0 aromatic heterocycles. The Balaban J connectivity index is 2.40. The highest BCUT2D eigenvalue weighted by Crippen LogP contribution is 1.99. The van der Waals surface area contributed by atoms with E-state index in [-0.39, 0.29) is 5.91 Å². The first kappa shape index (κ1) is 7.54. The van der Waals surface area contributed by atoms with Gasteiger partial charge in [0.15, 0.2) is 0 Å². The SMILES string of the molecule is CC[C@@H]1CN(C)C(=O)CN1. The lowest BCUT2D eigenvalue weighted by Gasteiger charge is -2.29. The summed E-state index contributed by atoms with van der Waals surface area (Å²) in [7, 11) is 1.85. The Kier molecular flexibility index (Phi) is 2.27. The highest BCUT2D eigenvalue weighted by atomic mass is 16.2. The molecule has 0 aromatic rings. The molecule has 0 spiro atoms. The Hall–Kier alpha value is -0.570. The van der Waals surface area contributed by atoms with Gasteiger partial charge in [0.05, 0.1) is 6.54 Å². The minimum atomic E-state index is 0.199. The van der Waals surface area contributed by atoms with Crippen LogP contribution >= 0.6 is 0 Å². The van der Waals surface area contributed by atoms with Gasteiger partial charge in [0, 0.05) is 19.6 Å². The van der Waals surface area contributed by atoms with E-state index in [2.05, 4.69) is 12.2 Å². The van der Waals surface area contributed by atoms with E-state index in [9.17, 15) is 4.79 Å². The molecule has 0 saturated carbocycles. The molecule has 1 amide bonds. The van der Waals surface area contributed by atoms with Gasteiger partial charge in [-0.15, -0.1) is 0 Å². The maximum Gasteiger partial charge on any atom is 0.236 e. The number of amides is 1. The lowest BCUT2D eigenvalue weighted by molar-refractivity contribution is -0.131. The van der Waals surface area contributed by atoms with Gasteiger partial charge >= 0.3 is 0 Å². The number of rotatable bonds is 1. The Morgan fingerprint density at radius 1 is 1.80 bits per heavy atom. The summed E-state index contributed by atoms with van der Waals surface area (Å²) in [4.78, 5) is 12.7. The number of carbonyl (C=O) groups is 1. The average Bonchev–Trinajstić information content (AvgIpc) is 1.95. The van der Waals surface area contributed by atoms with Crippen molar-refractivity contribution in [1.29, 1.82) is 0 Å². The van der Waals surface area contributed by atoms with Gasteiger partial charge in [-0.1, -0.05) is 6.92 Å². The number of nitrogens with zero attached hydrogens (tertiary/aromatic N) is 1. The van der Waals surface area contributed by atoms with Crippen LogP contribution in [0, 0.1) is 0 Å². The van der Waals surface area contributed by atoms with Crippen molar-refractivity contribution in [2.45, 2.75) is 19.4 Å². The number of piperazine rings is 1. The number of nitrogens with one attached hydrogen (secondary N) is 1. The third-order valence-electron chi connectivity index (χ3n) is 1.95. The molecule has 1 aliphatic heterocycles. The second-order valence-corrected chi connectivity index (χ2v) is 2.76. The molecule has 3 heteroatoms. The van der Waals surface area contributed by atoms with Crippen molar-refractivity contribution in [2.75, 3.05) is 20.1 Å². The molecule has 58 valence electrons. The lowest BCUT2D eigenvalue weighted by atomic mass is 10.2. The van der Waals surface area contributed by atoms with Gasteiger partial charge in [-0.2, -0.15) is 0 Å². The minimum absolute atomic E-state index is 0.199. The van der Waals surface area contributed by atoms with Crippen molar-refractivity contribution < 1.29 is 4.79 Å². The number of hydrogen-bond acceptors (Lipinski definition) is 2. The van der Waals surface area contributed by atoms with Crippen LogP contribution in [0.15, 0.2) is 0 Å². The summed E-state index contributed by atoms with van der Waals surface area (Å²) in [5.74, 6) is 0.199. The van der Waals surface area contributed by atoms with E-state index in [1.54, 1.807) is 4.90 Å². The van der Waals surface area contributed by atoms with Crippen LogP contribution in [0.1, 0.15) is 13.3 Å². The van der Waals surface area contributed by atoms with Crippen LogP contribution < -0.4 is 5.32 Å². The molecular formula is C7H14N2O. The van der Waals surface area contributed by atoms with Gasteiger partial charge in [0.1, 0.15) is 0 Å². The van der Waals surface area contributed by atoms with E-state index < -0.39 is 0 Å². The van der Waals surface area contributed by atoms with E-state index in [1.165, 1.54) is 0 Å². The number of likely N-dealkylation sites (N-methyl/N-ethyl adjacent to an activating group) is 1. The zero-order chi connectivity index (χ0) is 7.56. The third-order valence-corrected chi connectivity index (χ3v) is 1.95. The second kappa shape index (κ2) is 3.01. The number of carbonyl (C=O) groups excluding carboxylic acids is 1. The highest BCUT2D eigenvalue weighted by molar-refractivity contribution is 5.78. The topological polar surface area (TPSA) is 32.3 Å². The van der Waals surface area contributed by atoms with Crippen LogP contribution in [0.3, 0.4) is 0 Å². The normalized spacial score (nSPS) is 27.2. The van der Waals surface area contributed by atoms with E-state index >= 15 is 0 Å². The smallest absolute Gasteiger partial charge is 0.236 e. The van der Waals surface area contributed by atoms with Crippen LogP contribution in [0.2, 0.25) is 0 Å². The van der Waals surface area contributed by atoms with Crippen LogP contribution in [0.25, 0.3) is 0 Å². The molecule has 1 rings (SSSR count). The van der Waals surface area contributed by atoms with Crippen LogP contribution in [-0.4, -0.2) is 37.0 Å². The monoisotopic (exact) mass is 142 g/mol. The zero-order valence-electron chi connectivity index (χ0n) is 6.55. The first-order chi connectivity index (χ1) is 4.74. The highest BCUT2D eigenvalue weighted by Gasteiger charge is 2.19. The van der Waals surface area contributed by atoms with Crippen molar-refractivity contribution in [2.24, 2.45) is 0 Å². The summed E-state index contributed by atoms with van der Waals surface area (Å²) in [6.07, 6.45) is 1.09. The van der Waals surface area contributed by atoms with E-state index in [4.69, 9.17) is 0 Å². The maximum atomic E-state index is 10.9. The first-order valence-electron chi connectivity index (χ1n) is 3.71. The van der Waals surface area contributed by atoms with Crippen LogP contribution in [0.5, 0.6) is 0 Å². The Morgan fingerprint density at radius 3 is 3.00 bits per heavy atom. The number of hydrogen-bond donors (Lipinski definition) is 1. The van der Waals surface area contributed by atoms with Gasteiger partial charge in [-0.25, -0.2) is 0 Å². The third kappa shape index (κ3) is 1.48. The van der Waals surface area contributed by atoms with E-state index in [0.717, 1.165) is 13.0 Å². The van der Waals surface area contributed by atoms with Gasteiger partial charge < -0.3 is 10.2 Å². The predicted octanol–water partition coefficient (Wildman–Crippen LogP) is -0.173. The Labute approximate surface area is 61.4 Å². The molecule has 0 aromatic carbocycles. The quantitative estimate of drug-likeness (QED) is 0.551. The molecule has 1 heterocycles. The molecule has 0 radical (unpaired) electrons. The molecule has 3 nitrogen and oxygen atoms in total. The summed E-state index contributed by atoms with van der Waals surface area (Å²) >= 11 is 0. The van der Waals surface area contributed by atoms with Gasteiger partial charge in [-0.3, -0.25) is 4.79 Å². The van der Waals surface area contributed by atoms with Crippen molar-refractivity contribution >= 4 is 5.91 Å². The molecule has 0 aliphatic carbocycles. The molecular weight excluding hydrogens is 128 g/mol. The van der Waals surface area contributed by atoms with E-state index in [1.807, 2.05) is 7.05 Å². The van der Waals surface area contributed by atoms with Crippen LogP contribution in [-0.2, 0) is 4.79 Å². The molecule has 1 saturated heterocycles. The zero-order valence-corrected chi connectivity index (χ0v) is 6.55. The van der Waals surface area contributed by atoms with Gasteiger partial charge in [0.2, 0.25) is 5.91 Å². The Morgan fingerprint density at radius 2 is 2.50 bits per heavy atom. The maximum absolute atomic E-state index is 10.9. The molecule has 10 heavy (non-hydrogen) atoms. The van der Waals surface area contributed by atoms with Crippen LogP contribution in [0.4, 0.5) is 0 Å². The fraction of sp³-hybridized carbons (Fsp3) is 0.857. The summed E-state index contributed by atoms with van der Waals surface area (Å²) in [6.45, 7) is 3.49. The fourth-order valence-electron chi connectivity index (χ4n) is 1.14. The van der Waals surface area contributed by atoms with Crippen molar-refractivity contribution in [1.82, 2.24) is 10.2 Å². The standard InChI is InChI=1S/C7H14N2O/c1-3-6-5-9(2)7(10)4-8-6/h6,8H,3-5H2,1-2H3/t6-/m1/s1. The average molecular weight is 142 g/mol. The van der Waals surface area contributed by atoms with Crippen molar-refractivity contribution in [3.63, 3.8) is 0 Å². The summed E-state index contributed by atoms with van der Waals surface area (Å²) in [6, 6.07) is 0.502. The fourth-order valence-corrected chi connectivity index (χ4v) is 1.14. The van der Waals surface area contributed by atoms with Crippen molar-refractivity contribution in [3.05, 3.63) is 0 Å². The summed E-state index contributed by atoms with van der Waals surface area (Å²) < 4.78 is 0. The Bertz CT molecular complexity index is 136. The molecule has 1 aliphatic rings. The summed E-state index contributed by atoms with van der Waals surface area (Å²) in [5, 5.41) is 3.16. The summed E-state index contributed by atoms with van der Waals surface area (Å²) in [5.41, 5.74) is 0. The molecule has 0 unspecified atom stereocenters. The first-order valence-corrected chi connectivity index (χ1v) is 3.71. The van der Waals surface area contributed by atoms with Gasteiger partial charge in [0.25, 0.3) is 0 Å². The molecule has 1 fully saturated rings. The predicted molar refractivity (Wildman–Crippen MR) is 39.7 cm³/mol. The van der Waals surface area contributed by atoms with E-state index in [0.29, 0.717) is 12.6 Å². The largest absolute Gasteiger partial charge is 0.343 e. The lowest BCUT2D eigenvalue weighted by Crippen LogP contribution is -2.52. The minimum Gasteiger partial charge on any atom is -0.343 e. The molecule has 1 atom stereocenters. The van der Waals surface area contributed by atoms with Crippen molar-refractivity contribution in [3.8, 4) is 0 Å². The van der Waals surface area contributed by atoms with Gasteiger partial charge in [-0.05, 0) is 6.42 Å². The molecule has 1 N–H and O–H groups in total.